The number of hydrogen-bond donors (Lipinski definition) is 2. The Balaban J connectivity index is 0.00000300. The number of hydrogen-bond acceptors (Lipinski definition) is 2. The predicted octanol–water partition coefficient (Wildman–Crippen LogP) is 4.13. The van der Waals surface area contributed by atoms with E-state index >= 15 is 0 Å². The molecule has 0 aliphatic carbocycles. The predicted molar refractivity (Wildman–Crippen MR) is 126 cm³/mol. The van der Waals surface area contributed by atoms with Gasteiger partial charge in [0.2, 0.25) is 5.91 Å². The fourth-order valence-corrected chi connectivity index (χ4v) is 3.28. The Labute approximate surface area is 188 Å². The van der Waals surface area contributed by atoms with Gasteiger partial charge in [-0.25, -0.2) is 4.39 Å². The first kappa shape index (κ1) is 23.1. The van der Waals surface area contributed by atoms with Gasteiger partial charge < -0.3 is 15.5 Å². The third-order valence-electron chi connectivity index (χ3n) is 4.94. The van der Waals surface area contributed by atoms with E-state index in [1.54, 1.807) is 20.0 Å². The number of anilines is 1. The third kappa shape index (κ3) is 6.42. The Hall–Kier alpha value is -2.16. The Morgan fingerprint density at radius 3 is 2.34 bits per heavy atom. The summed E-state index contributed by atoms with van der Waals surface area (Å²) in [6.07, 6.45) is 2.68. The van der Waals surface area contributed by atoms with Crippen LogP contribution in [0.3, 0.4) is 0 Å². The number of carbonyl (C=O) groups is 1. The highest BCUT2D eigenvalue weighted by molar-refractivity contribution is 14.0. The normalized spacial score (nSPS) is 14.4. The van der Waals surface area contributed by atoms with Crippen LogP contribution in [-0.4, -0.2) is 25.5 Å². The van der Waals surface area contributed by atoms with Crippen LogP contribution in [0.25, 0.3) is 0 Å². The van der Waals surface area contributed by atoms with Crippen LogP contribution in [0.15, 0.2) is 47.5 Å². The van der Waals surface area contributed by atoms with Gasteiger partial charge in [-0.05, 0) is 54.7 Å². The lowest BCUT2D eigenvalue weighted by molar-refractivity contribution is -0.119. The SMILES string of the molecule is CN=C(NCc1ccc(N2CCCCC2=O)cc1)NCc1ccc(F)c(C)c1.I. The number of nitrogens with one attached hydrogen (secondary N) is 2. The molecule has 2 N–H and O–H groups in total. The number of carbonyl (C=O) groups excluding carboxylic acids is 1. The number of aliphatic imine (C=N–C) groups is 1. The molecule has 2 aromatic carbocycles. The first-order valence-corrected chi connectivity index (χ1v) is 9.65. The van der Waals surface area contributed by atoms with Crippen LogP contribution in [0, 0.1) is 12.7 Å². The third-order valence-corrected chi connectivity index (χ3v) is 4.94. The highest BCUT2D eigenvalue weighted by Crippen LogP contribution is 2.21. The maximum absolute atomic E-state index is 13.4. The molecule has 5 nitrogen and oxygen atoms in total. The summed E-state index contributed by atoms with van der Waals surface area (Å²) in [6, 6.07) is 13.1. The molecule has 0 saturated carbocycles. The smallest absolute Gasteiger partial charge is 0.226 e. The van der Waals surface area contributed by atoms with E-state index in [1.165, 1.54) is 6.07 Å². The zero-order valence-corrected chi connectivity index (χ0v) is 19.2. The van der Waals surface area contributed by atoms with Crippen molar-refractivity contribution < 1.29 is 9.18 Å². The highest BCUT2D eigenvalue weighted by atomic mass is 127. The molecule has 1 aliphatic heterocycles. The van der Waals surface area contributed by atoms with Crippen molar-refractivity contribution >= 4 is 41.5 Å². The lowest BCUT2D eigenvalue weighted by atomic mass is 10.1. The highest BCUT2D eigenvalue weighted by Gasteiger charge is 2.19. The number of guanidine groups is 1. The minimum Gasteiger partial charge on any atom is -0.352 e. The molecule has 3 rings (SSSR count). The van der Waals surface area contributed by atoms with Crippen LogP contribution in [0.4, 0.5) is 10.1 Å². The molecule has 2 aromatic rings. The average molecular weight is 510 g/mol. The molecule has 0 atom stereocenters. The molecule has 1 heterocycles. The Morgan fingerprint density at radius 2 is 1.72 bits per heavy atom. The van der Waals surface area contributed by atoms with E-state index in [0.29, 0.717) is 31.0 Å². The van der Waals surface area contributed by atoms with Gasteiger partial charge in [-0.1, -0.05) is 24.3 Å². The van der Waals surface area contributed by atoms with Crippen LogP contribution >= 0.6 is 24.0 Å². The summed E-state index contributed by atoms with van der Waals surface area (Å²) in [6.45, 7) is 3.75. The second kappa shape index (κ2) is 11.1. The maximum atomic E-state index is 13.4. The van der Waals surface area contributed by atoms with Gasteiger partial charge in [0.25, 0.3) is 0 Å². The van der Waals surface area contributed by atoms with Crippen LogP contribution < -0.4 is 15.5 Å². The zero-order valence-electron chi connectivity index (χ0n) is 16.9. The molecule has 1 amide bonds. The van der Waals surface area contributed by atoms with Crippen LogP contribution in [0.1, 0.15) is 36.0 Å². The summed E-state index contributed by atoms with van der Waals surface area (Å²) in [4.78, 5) is 18.1. The molecule has 0 aromatic heterocycles. The summed E-state index contributed by atoms with van der Waals surface area (Å²) in [5.74, 6) is 0.691. The van der Waals surface area contributed by atoms with Crippen molar-refractivity contribution in [1.29, 1.82) is 0 Å². The van der Waals surface area contributed by atoms with E-state index in [2.05, 4.69) is 15.6 Å². The zero-order chi connectivity index (χ0) is 19.9. The molecule has 1 aliphatic rings. The summed E-state index contributed by atoms with van der Waals surface area (Å²) in [5.41, 5.74) is 3.70. The van der Waals surface area contributed by atoms with E-state index in [1.807, 2.05) is 35.2 Å². The van der Waals surface area contributed by atoms with Crippen molar-refractivity contribution in [2.75, 3.05) is 18.5 Å². The van der Waals surface area contributed by atoms with Gasteiger partial charge in [0.1, 0.15) is 5.82 Å². The number of amides is 1. The minimum absolute atomic E-state index is 0. The molecule has 1 fully saturated rings. The van der Waals surface area contributed by atoms with E-state index < -0.39 is 0 Å². The molecular formula is C22H28FIN4O. The summed E-state index contributed by atoms with van der Waals surface area (Å²) in [7, 11) is 1.72. The van der Waals surface area contributed by atoms with Crippen molar-refractivity contribution in [3.63, 3.8) is 0 Å². The molecule has 1 saturated heterocycles. The fraction of sp³-hybridized carbons (Fsp3) is 0.364. The van der Waals surface area contributed by atoms with Crippen molar-refractivity contribution in [2.24, 2.45) is 4.99 Å². The van der Waals surface area contributed by atoms with E-state index in [-0.39, 0.29) is 35.7 Å². The van der Waals surface area contributed by atoms with Gasteiger partial charge in [-0.2, -0.15) is 0 Å². The largest absolute Gasteiger partial charge is 0.352 e. The van der Waals surface area contributed by atoms with Crippen molar-refractivity contribution in [3.8, 4) is 0 Å². The van der Waals surface area contributed by atoms with Gasteiger partial charge in [-0.15, -0.1) is 24.0 Å². The minimum atomic E-state index is -0.194. The van der Waals surface area contributed by atoms with E-state index in [4.69, 9.17) is 0 Å². The topological polar surface area (TPSA) is 56.7 Å². The standard InChI is InChI=1S/C22H27FN4O.HI/c1-16-13-18(8-11-20(16)23)15-26-22(24-2)25-14-17-6-9-19(10-7-17)27-12-4-3-5-21(27)28;/h6-11,13H,3-5,12,14-15H2,1-2H3,(H2,24,25,26);1H. The summed E-state index contributed by atoms with van der Waals surface area (Å²) < 4.78 is 13.4. The number of halogens is 2. The summed E-state index contributed by atoms with van der Waals surface area (Å²) >= 11 is 0. The summed E-state index contributed by atoms with van der Waals surface area (Å²) in [5, 5.41) is 6.51. The molecule has 29 heavy (non-hydrogen) atoms. The van der Waals surface area contributed by atoms with Gasteiger partial charge >= 0.3 is 0 Å². The average Bonchev–Trinajstić information content (AvgIpc) is 2.71. The monoisotopic (exact) mass is 510 g/mol. The quantitative estimate of drug-likeness (QED) is 0.362. The van der Waals surface area contributed by atoms with Crippen LogP contribution in [0.5, 0.6) is 0 Å². The van der Waals surface area contributed by atoms with Gasteiger partial charge in [-0.3, -0.25) is 9.79 Å². The first-order chi connectivity index (χ1) is 13.6. The van der Waals surface area contributed by atoms with E-state index in [9.17, 15) is 9.18 Å². The second-order valence-electron chi connectivity index (χ2n) is 7.03. The molecule has 7 heteroatoms. The maximum Gasteiger partial charge on any atom is 0.226 e. The van der Waals surface area contributed by atoms with Crippen molar-refractivity contribution in [1.82, 2.24) is 10.6 Å². The fourth-order valence-electron chi connectivity index (χ4n) is 3.28. The molecule has 0 unspecified atom stereocenters. The van der Waals surface area contributed by atoms with Crippen molar-refractivity contribution in [2.45, 2.75) is 39.3 Å². The van der Waals surface area contributed by atoms with Gasteiger partial charge in [0.15, 0.2) is 5.96 Å². The Kier molecular flexibility index (Phi) is 8.88. The Bertz CT molecular complexity index is 854. The molecule has 0 radical (unpaired) electrons. The lowest BCUT2D eigenvalue weighted by Gasteiger charge is -2.26. The number of rotatable bonds is 5. The number of piperidine rings is 1. The van der Waals surface area contributed by atoms with Gasteiger partial charge in [0, 0.05) is 38.8 Å². The number of aryl methyl sites for hydroxylation is 1. The molecule has 156 valence electrons. The van der Waals surface area contributed by atoms with Crippen LogP contribution in [-0.2, 0) is 17.9 Å². The second-order valence-corrected chi connectivity index (χ2v) is 7.03. The number of nitrogens with zero attached hydrogens (tertiary/aromatic N) is 2. The first-order valence-electron chi connectivity index (χ1n) is 9.65. The van der Waals surface area contributed by atoms with Crippen molar-refractivity contribution in [3.05, 3.63) is 65.0 Å². The lowest BCUT2D eigenvalue weighted by Crippen LogP contribution is -2.36. The molecule has 0 bridgehead atoms. The van der Waals surface area contributed by atoms with E-state index in [0.717, 1.165) is 36.2 Å². The number of benzene rings is 2. The van der Waals surface area contributed by atoms with Crippen LogP contribution in [0.2, 0.25) is 0 Å². The van der Waals surface area contributed by atoms with Gasteiger partial charge in [0.05, 0.1) is 0 Å². The molecule has 0 spiro atoms. The molecular weight excluding hydrogens is 482 g/mol. The Morgan fingerprint density at radius 1 is 1.07 bits per heavy atom.